The Morgan fingerprint density at radius 2 is 1.92 bits per heavy atom. The highest BCUT2D eigenvalue weighted by Crippen LogP contribution is 2.28. The van der Waals surface area contributed by atoms with Crippen molar-refractivity contribution in [1.29, 1.82) is 0 Å². The lowest BCUT2D eigenvalue weighted by Crippen LogP contribution is -2.28. The quantitative estimate of drug-likeness (QED) is 0.278. The zero-order chi connectivity index (χ0) is 9.57. The Morgan fingerprint density at radius 1 is 1.31 bits per heavy atom. The molecular formula is C11H19NSi. The van der Waals surface area contributed by atoms with Crippen LogP contribution in [0.1, 0.15) is 19.3 Å². The third-order valence-electron chi connectivity index (χ3n) is 3.05. The molecule has 0 aliphatic carbocycles. The molecule has 1 nitrogen and oxygen atoms in total. The zero-order valence-corrected chi connectivity index (χ0v) is 9.55. The molecule has 0 bridgehead atoms. The summed E-state index contributed by atoms with van der Waals surface area (Å²) in [5.41, 5.74) is 0. The van der Waals surface area contributed by atoms with Gasteiger partial charge in [0.2, 0.25) is 6.54 Å². The molecule has 1 aliphatic heterocycles. The summed E-state index contributed by atoms with van der Waals surface area (Å²) in [6, 6.07) is 4.26. The molecule has 1 aliphatic rings. The maximum absolute atomic E-state index is 6.75. The number of hydrogen-bond acceptors (Lipinski definition) is 0. The van der Waals surface area contributed by atoms with E-state index in [9.17, 15) is 0 Å². The third-order valence-corrected chi connectivity index (χ3v) is 7.60. The first-order valence-corrected chi connectivity index (χ1v) is 8.37. The third kappa shape index (κ3) is 3.78. The van der Waals surface area contributed by atoms with Gasteiger partial charge in [-0.05, 0) is 12.8 Å². The molecule has 0 radical (unpaired) electrons. The van der Waals surface area contributed by atoms with Gasteiger partial charge < -0.3 is 4.85 Å². The highest BCUT2D eigenvalue weighted by molar-refractivity contribution is 6.78. The predicted molar refractivity (Wildman–Crippen MR) is 60.5 cm³/mol. The van der Waals surface area contributed by atoms with Crippen molar-refractivity contribution in [2.24, 2.45) is 0 Å². The van der Waals surface area contributed by atoms with Crippen LogP contribution in [0.5, 0.6) is 0 Å². The first-order chi connectivity index (χ1) is 6.27. The lowest BCUT2D eigenvalue weighted by Gasteiger charge is -2.24. The second-order valence-electron chi connectivity index (χ2n) is 4.34. The van der Waals surface area contributed by atoms with Crippen molar-refractivity contribution in [3.05, 3.63) is 23.6 Å². The van der Waals surface area contributed by atoms with Gasteiger partial charge in [-0.3, -0.25) is 0 Å². The normalized spacial score (nSPS) is 20.6. The van der Waals surface area contributed by atoms with Crippen molar-refractivity contribution in [1.82, 2.24) is 0 Å². The van der Waals surface area contributed by atoms with Gasteiger partial charge in [-0.2, -0.15) is 0 Å². The molecule has 0 spiro atoms. The molecule has 13 heavy (non-hydrogen) atoms. The molecule has 0 aromatic heterocycles. The van der Waals surface area contributed by atoms with E-state index >= 15 is 0 Å². The Labute approximate surface area is 82.7 Å². The predicted octanol–water partition coefficient (Wildman–Crippen LogP) is 3.72. The molecule has 0 saturated carbocycles. The van der Waals surface area contributed by atoms with E-state index in [1.54, 1.807) is 0 Å². The van der Waals surface area contributed by atoms with Gasteiger partial charge in [-0.1, -0.05) is 36.8 Å². The SMILES string of the molecule is [C-]#[N+]CCC[Si]1(C)CCC=CCC1. The Balaban J connectivity index is 2.32. The number of nitrogens with zero attached hydrogens (tertiary/aromatic N) is 1. The van der Waals surface area contributed by atoms with Gasteiger partial charge >= 0.3 is 0 Å². The van der Waals surface area contributed by atoms with E-state index in [1.807, 2.05) is 0 Å². The van der Waals surface area contributed by atoms with Gasteiger partial charge in [-0.15, -0.1) is 0 Å². The second-order valence-corrected chi connectivity index (χ2v) is 9.47. The van der Waals surface area contributed by atoms with E-state index in [1.165, 1.54) is 31.0 Å². The van der Waals surface area contributed by atoms with Gasteiger partial charge in [0.1, 0.15) is 0 Å². The van der Waals surface area contributed by atoms with Crippen LogP contribution in [-0.2, 0) is 0 Å². The second kappa shape index (κ2) is 5.24. The molecule has 1 heterocycles. The van der Waals surface area contributed by atoms with Crippen LogP contribution in [0.15, 0.2) is 12.2 Å². The highest BCUT2D eigenvalue weighted by Gasteiger charge is 2.26. The van der Waals surface area contributed by atoms with Crippen LogP contribution in [0.2, 0.25) is 24.7 Å². The van der Waals surface area contributed by atoms with Crippen LogP contribution in [0.25, 0.3) is 4.85 Å². The summed E-state index contributed by atoms with van der Waals surface area (Å²) in [6.07, 6.45) is 8.41. The van der Waals surface area contributed by atoms with Crippen molar-refractivity contribution in [2.45, 2.75) is 43.9 Å². The molecule has 72 valence electrons. The molecule has 0 fully saturated rings. The van der Waals surface area contributed by atoms with E-state index < -0.39 is 8.07 Å². The Kier molecular flexibility index (Phi) is 4.24. The monoisotopic (exact) mass is 193 g/mol. The minimum absolute atomic E-state index is 0.746. The average Bonchev–Trinajstić information content (AvgIpc) is 2.31. The van der Waals surface area contributed by atoms with Crippen LogP contribution in [0.4, 0.5) is 0 Å². The highest BCUT2D eigenvalue weighted by atomic mass is 28.3. The number of rotatable bonds is 3. The van der Waals surface area contributed by atoms with Crippen LogP contribution < -0.4 is 0 Å². The fourth-order valence-corrected chi connectivity index (χ4v) is 5.55. The molecule has 0 saturated heterocycles. The lowest BCUT2D eigenvalue weighted by molar-refractivity contribution is 0.961. The van der Waals surface area contributed by atoms with E-state index in [0.717, 1.165) is 13.0 Å². The van der Waals surface area contributed by atoms with E-state index in [0.29, 0.717) is 0 Å². The molecule has 1 rings (SSSR count). The standard InChI is InChI=1S/C11H19NSi/c1-12-8-7-11-13(2)9-5-3-4-6-10-13/h3-4H,5-11H2,2H3. The minimum Gasteiger partial charge on any atom is -0.317 e. The van der Waals surface area contributed by atoms with Crippen molar-refractivity contribution in [3.8, 4) is 0 Å². The van der Waals surface area contributed by atoms with Crippen LogP contribution >= 0.6 is 0 Å². The molecular weight excluding hydrogens is 174 g/mol. The van der Waals surface area contributed by atoms with E-state index in [4.69, 9.17) is 6.57 Å². The van der Waals surface area contributed by atoms with Gasteiger partial charge in [0, 0.05) is 6.42 Å². The van der Waals surface area contributed by atoms with Gasteiger partial charge in [0.25, 0.3) is 0 Å². The van der Waals surface area contributed by atoms with Crippen molar-refractivity contribution in [2.75, 3.05) is 6.54 Å². The Morgan fingerprint density at radius 3 is 2.46 bits per heavy atom. The fourth-order valence-electron chi connectivity index (χ4n) is 2.06. The first kappa shape index (κ1) is 10.5. The Bertz CT molecular complexity index is 205. The van der Waals surface area contributed by atoms with Crippen molar-refractivity contribution >= 4 is 8.07 Å². The number of allylic oxidation sites excluding steroid dienone is 2. The van der Waals surface area contributed by atoms with Crippen LogP contribution in [0, 0.1) is 6.57 Å². The van der Waals surface area contributed by atoms with Gasteiger partial charge in [0.15, 0.2) is 0 Å². The van der Waals surface area contributed by atoms with Gasteiger partial charge in [0.05, 0.1) is 8.07 Å². The molecule has 0 amide bonds. The average molecular weight is 193 g/mol. The molecule has 0 aromatic rings. The summed E-state index contributed by atoms with van der Waals surface area (Å²) in [5, 5.41) is 0. The summed E-state index contributed by atoms with van der Waals surface area (Å²) in [4.78, 5) is 3.43. The van der Waals surface area contributed by atoms with Crippen LogP contribution in [-0.4, -0.2) is 14.6 Å². The zero-order valence-electron chi connectivity index (χ0n) is 8.55. The fraction of sp³-hybridized carbons (Fsp3) is 0.727. The summed E-state index contributed by atoms with van der Waals surface area (Å²) in [5.74, 6) is 0. The smallest absolute Gasteiger partial charge is 0.214 e. The summed E-state index contributed by atoms with van der Waals surface area (Å²) in [6.45, 7) is 10.0. The largest absolute Gasteiger partial charge is 0.317 e. The van der Waals surface area contributed by atoms with Crippen molar-refractivity contribution < 1.29 is 0 Å². The van der Waals surface area contributed by atoms with Crippen molar-refractivity contribution in [3.63, 3.8) is 0 Å². The molecule has 0 aromatic carbocycles. The summed E-state index contributed by atoms with van der Waals surface area (Å²) in [7, 11) is -0.930. The van der Waals surface area contributed by atoms with Crippen LogP contribution in [0.3, 0.4) is 0 Å². The lowest BCUT2D eigenvalue weighted by atomic mass is 10.4. The van der Waals surface area contributed by atoms with E-state index in [-0.39, 0.29) is 0 Å². The molecule has 0 atom stereocenters. The Hall–Kier alpha value is -0.553. The van der Waals surface area contributed by atoms with Gasteiger partial charge in [-0.25, -0.2) is 6.57 Å². The maximum Gasteiger partial charge on any atom is 0.214 e. The summed E-state index contributed by atoms with van der Waals surface area (Å²) < 4.78 is 0. The molecule has 0 N–H and O–H groups in total. The minimum atomic E-state index is -0.930. The number of hydrogen-bond donors (Lipinski definition) is 0. The maximum atomic E-state index is 6.75. The first-order valence-electron chi connectivity index (χ1n) is 5.25. The summed E-state index contributed by atoms with van der Waals surface area (Å²) >= 11 is 0. The molecule has 0 unspecified atom stereocenters. The van der Waals surface area contributed by atoms with E-state index in [2.05, 4.69) is 23.5 Å². The topological polar surface area (TPSA) is 4.36 Å². The molecule has 2 heteroatoms.